The first-order valence-electron chi connectivity index (χ1n) is 6.15. The molecule has 0 amide bonds. The standard InChI is InChI=1S/C15H13BrN2O3/c1-17-9-11(14(20)18(2)15(17)21)6-7-13(19)10-4-3-5-12(16)8-10/h3-9H,1-2H3/b7-6+. The fourth-order valence-corrected chi connectivity index (χ4v) is 2.25. The first-order chi connectivity index (χ1) is 9.90. The van der Waals surface area contributed by atoms with Crippen LogP contribution in [0.2, 0.25) is 0 Å². The zero-order valence-corrected chi connectivity index (χ0v) is 13.1. The lowest BCUT2D eigenvalue weighted by Gasteiger charge is -2.03. The van der Waals surface area contributed by atoms with E-state index in [2.05, 4.69) is 15.9 Å². The van der Waals surface area contributed by atoms with Crippen LogP contribution in [0.5, 0.6) is 0 Å². The van der Waals surface area contributed by atoms with Crippen molar-refractivity contribution in [3.8, 4) is 0 Å². The molecule has 0 atom stereocenters. The van der Waals surface area contributed by atoms with Gasteiger partial charge in [-0.05, 0) is 24.3 Å². The van der Waals surface area contributed by atoms with Crippen LogP contribution in [0.3, 0.4) is 0 Å². The molecule has 5 nitrogen and oxygen atoms in total. The molecule has 1 aromatic carbocycles. The summed E-state index contributed by atoms with van der Waals surface area (Å²) in [6, 6.07) is 6.97. The van der Waals surface area contributed by atoms with Gasteiger partial charge in [0.15, 0.2) is 5.78 Å². The molecule has 0 aliphatic carbocycles. The fourth-order valence-electron chi connectivity index (χ4n) is 1.85. The molecule has 21 heavy (non-hydrogen) atoms. The highest BCUT2D eigenvalue weighted by atomic mass is 79.9. The van der Waals surface area contributed by atoms with Gasteiger partial charge in [-0.15, -0.1) is 0 Å². The number of hydrogen-bond donors (Lipinski definition) is 0. The second-order valence-electron chi connectivity index (χ2n) is 4.55. The average Bonchev–Trinajstić information content (AvgIpc) is 2.47. The van der Waals surface area contributed by atoms with Crippen LogP contribution in [0.4, 0.5) is 0 Å². The number of aryl methyl sites for hydroxylation is 1. The lowest BCUT2D eigenvalue weighted by atomic mass is 10.1. The van der Waals surface area contributed by atoms with Gasteiger partial charge in [-0.1, -0.05) is 28.1 Å². The molecular weight excluding hydrogens is 336 g/mol. The summed E-state index contributed by atoms with van der Waals surface area (Å²) in [5.41, 5.74) is -0.0444. The molecule has 0 bridgehead atoms. The summed E-state index contributed by atoms with van der Waals surface area (Å²) in [4.78, 5) is 35.5. The van der Waals surface area contributed by atoms with Crippen molar-refractivity contribution < 1.29 is 4.79 Å². The van der Waals surface area contributed by atoms with Gasteiger partial charge in [0.25, 0.3) is 5.56 Å². The summed E-state index contributed by atoms with van der Waals surface area (Å²) in [6.45, 7) is 0. The van der Waals surface area contributed by atoms with E-state index in [4.69, 9.17) is 0 Å². The van der Waals surface area contributed by atoms with Crippen LogP contribution >= 0.6 is 15.9 Å². The van der Waals surface area contributed by atoms with E-state index in [1.54, 1.807) is 25.2 Å². The Morgan fingerprint density at radius 2 is 1.95 bits per heavy atom. The molecule has 2 rings (SSSR count). The maximum atomic E-state index is 12.0. The minimum absolute atomic E-state index is 0.216. The summed E-state index contributed by atoms with van der Waals surface area (Å²) >= 11 is 3.30. The van der Waals surface area contributed by atoms with Crippen molar-refractivity contribution in [2.75, 3.05) is 0 Å². The van der Waals surface area contributed by atoms with Crippen LogP contribution in [0.15, 0.2) is 50.6 Å². The van der Waals surface area contributed by atoms with E-state index in [9.17, 15) is 14.4 Å². The van der Waals surface area contributed by atoms with Gasteiger partial charge in [-0.2, -0.15) is 0 Å². The van der Waals surface area contributed by atoms with E-state index in [0.29, 0.717) is 5.56 Å². The number of hydrogen-bond acceptors (Lipinski definition) is 3. The molecule has 1 heterocycles. The van der Waals surface area contributed by atoms with E-state index < -0.39 is 11.2 Å². The second kappa shape index (κ2) is 6.05. The predicted molar refractivity (Wildman–Crippen MR) is 84.4 cm³/mol. The van der Waals surface area contributed by atoms with Gasteiger partial charge in [0.2, 0.25) is 0 Å². The molecule has 0 fully saturated rings. The van der Waals surface area contributed by atoms with Gasteiger partial charge >= 0.3 is 5.69 Å². The van der Waals surface area contributed by atoms with Gasteiger partial charge in [0.05, 0.1) is 5.56 Å². The van der Waals surface area contributed by atoms with Crippen molar-refractivity contribution in [3.05, 3.63) is 73.0 Å². The maximum Gasteiger partial charge on any atom is 0.330 e. The van der Waals surface area contributed by atoms with Crippen molar-refractivity contribution in [1.29, 1.82) is 0 Å². The van der Waals surface area contributed by atoms with Crippen LogP contribution in [0.1, 0.15) is 15.9 Å². The summed E-state index contributed by atoms with van der Waals surface area (Å²) in [7, 11) is 2.95. The number of carbonyl (C=O) groups excluding carboxylic acids is 1. The molecule has 2 aromatic rings. The fraction of sp³-hybridized carbons (Fsp3) is 0.133. The van der Waals surface area contributed by atoms with Gasteiger partial charge in [0.1, 0.15) is 0 Å². The largest absolute Gasteiger partial charge is 0.330 e. The molecular formula is C15H13BrN2O3. The molecule has 0 aliphatic rings. The number of ketones is 1. The number of allylic oxidation sites excluding steroid dienone is 1. The van der Waals surface area contributed by atoms with Crippen molar-refractivity contribution in [2.45, 2.75) is 0 Å². The van der Waals surface area contributed by atoms with Gasteiger partial charge in [0, 0.05) is 30.3 Å². The minimum Gasteiger partial charge on any atom is -0.303 e. The second-order valence-corrected chi connectivity index (χ2v) is 5.47. The molecule has 6 heteroatoms. The Balaban J connectivity index is 2.37. The lowest BCUT2D eigenvalue weighted by Crippen LogP contribution is -2.37. The van der Waals surface area contributed by atoms with Crippen LogP contribution in [0, 0.1) is 0 Å². The zero-order chi connectivity index (χ0) is 15.6. The van der Waals surface area contributed by atoms with E-state index in [0.717, 1.165) is 9.04 Å². The van der Waals surface area contributed by atoms with Crippen molar-refractivity contribution in [2.24, 2.45) is 14.1 Å². The highest BCUT2D eigenvalue weighted by Gasteiger charge is 2.06. The number of rotatable bonds is 3. The highest BCUT2D eigenvalue weighted by Crippen LogP contribution is 2.12. The Labute approximate surface area is 129 Å². The molecule has 0 saturated carbocycles. The normalized spacial score (nSPS) is 11.0. The number of nitrogens with zero attached hydrogens (tertiary/aromatic N) is 2. The van der Waals surface area contributed by atoms with E-state index in [1.807, 2.05) is 6.07 Å². The van der Waals surface area contributed by atoms with Gasteiger partial charge in [-0.3, -0.25) is 14.2 Å². The maximum absolute atomic E-state index is 12.0. The van der Waals surface area contributed by atoms with Crippen LogP contribution < -0.4 is 11.2 Å². The molecule has 0 unspecified atom stereocenters. The lowest BCUT2D eigenvalue weighted by molar-refractivity contribution is 0.104. The summed E-state index contributed by atoms with van der Waals surface area (Å²) < 4.78 is 3.10. The Morgan fingerprint density at radius 3 is 2.62 bits per heavy atom. The van der Waals surface area contributed by atoms with Crippen LogP contribution in [-0.2, 0) is 14.1 Å². The Morgan fingerprint density at radius 1 is 1.24 bits per heavy atom. The molecule has 0 aliphatic heterocycles. The summed E-state index contributed by atoms with van der Waals surface area (Å²) in [5, 5.41) is 0. The topological polar surface area (TPSA) is 61.1 Å². The third kappa shape index (κ3) is 3.28. The third-order valence-electron chi connectivity index (χ3n) is 3.00. The van der Waals surface area contributed by atoms with Crippen molar-refractivity contribution >= 4 is 27.8 Å². The summed E-state index contributed by atoms with van der Waals surface area (Å²) in [5.74, 6) is -0.216. The average molecular weight is 349 g/mol. The molecule has 0 saturated heterocycles. The predicted octanol–water partition coefficient (Wildman–Crippen LogP) is 1.74. The number of halogens is 1. The monoisotopic (exact) mass is 348 g/mol. The molecule has 108 valence electrons. The highest BCUT2D eigenvalue weighted by molar-refractivity contribution is 9.10. The smallest absolute Gasteiger partial charge is 0.303 e. The third-order valence-corrected chi connectivity index (χ3v) is 3.49. The SMILES string of the molecule is Cn1cc(/C=C/C(=O)c2cccc(Br)c2)c(=O)n(C)c1=O. The quantitative estimate of drug-likeness (QED) is 0.627. The van der Waals surface area contributed by atoms with Crippen LogP contribution in [-0.4, -0.2) is 14.9 Å². The first-order valence-corrected chi connectivity index (χ1v) is 6.94. The van der Waals surface area contributed by atoms with Crippen molar-refractivity contribution in [1.82, 2.24) is 9.13 Å². The number of carbonyl (C=O) groups is 1. The Bertz CT molecular complexity index is 847. The van der Waals surface area contributed by atoms with Gasteiger partial charge < -0.3 is 4.57 Å². The number of aromatic nitrogens is 2. The summed E-state index contributed by atoms with van der Waals surface area (Å²) in [6.07, 6.45) is 4.16. The molecule has 0 N–H and O–H groups in total. The Hall–Kier alpha value is -2.21. The van der Waals surface area contributed by atoms with E-state index in [-0.39, 0.29) is 11.3 Å². The van der Waals surface area contributed by atoms with Crippen molar-refractivity contribution in [3.63, 3.8) is 0 Å². The number of benzene rings is 1. The first kappa shape index (κ1) is 15.2. The molecule has 0 spiro atoms. The minimum atomic E-state index is -0.434. The van der Waals surface area contributed by atoms with E-state index >= 15 is 0 Å². The molecule has 0 radical (unpaired) electrons. The Kier molecular flexibility index (Phi) is 4.37. The van der Waals surface area contributed by atoms with Crippen LogP contribution in [0.25, 0.3) is 6.08 Å². The van der Waals surface area contributed by atoms with Gasteiger partial charge in [-0.25, -0.2) is 4.79 Å². The zero-order valence-electron chi connectivity index (χ0n) is 11.5. The molecule has 1 aromatic heterocycles. The van der Waals surface area contributed by atoms with E-state index in [1.165, 1.54) is 30.0 Å².